The van der Waals surface area contributed by atoms with Crippen LogP contribution in [0.3, 0.4) is 0 Å². The molecule has 76 valence electrons. The SMILES string of the molecule is CCC12C3C=CC(C3)C1C1CCC2C1. The van der Waals surface area contributed by atoms with Gasteiger partial charge < -0.3 is 0 Å². The number of hydrogen-bond donors (Lipinski definition) is 0. The second-order valence-corrected chi connectivity index (χ2v) is 6.15. The fraction of sp³-hybridized carbons (Fsp3) is 0.857. The molecule has 4 aliphatic carbocycles. The molecule has 4 aliphatic rings. The predicted molar refractivity (Wildman–Crippen MR) is 57.8 cm³/mol. The van der Waals surface area contributed by atoms with Crippen molar-refractivity contribution in [2.24, 2.45) is 35.0 Å². The van der Waals surface area contributed by atoms with E-state index in [4.69, 9.17) is 0 Å². The normalized spacial score (nSPS) is 62.5. The Balaban J connectivity index is 1.87. The molecule has 0 aromatic carbocycles. The Bertz CT molecular complexity index is 303. The van der Waals surface area contributed by atoms with E-state index < -0.39 is 0 Å². The van der Waals surface area contributed by atoms with Crippen LogP contribution in [0.15, 0.2) is 12.2 Å². The molecule has 3 saturated carbocycles. The summed E-state index contributed by atoms with van der Waals surface area (Å²) in [5.74, 6) is 5.33. The number of allylic oxidation sites excluding steroid dienone is 2. The summed E-state index contributed by atoms with van der Waals surface area (Å²) in [6.45, 7) is 2.46. The number of rotatable bonds is 1. The van der Waals surface area contributed by atoms with E-state index in [-0.39, 0.29) is 0 Å². The standard InChI is InChI=1S/C14H20/c1-2-14-11-5-3-9(7-11)13(14)10-4-6-12(14)8-10/h3,5,9-13H,2,4,6-8H2,1H3. The summed E-state index contributed by atoms with van der Waals surface area (Å²) in [5, 5.41) is 0. The minimum Gasteiger partial charge on any atom is -0.0848 e. The molecule has 0 heterocycles. The molecule has 0 aromatic heterocycles. The monoisotopic (exact) mass is 188 g/mol. The zero-order chi connectivity index (χ0) is 9.34. The summed E-state index contributed by atoms with van der Waals surface area (Å²) in [4.78, 5) is 0. The van der Waals surface area contributed by atoms with Crippen molar-refractivity contribution in [1.82, 2.24) is 0 Å². The van der Waals surface area contributed by atoms with Crippen LogP contribution in [-0.4, -0.2) is 0 Å². The highest BCUT2D eigenvalue weighted by atomic mass is 14.7. The molecule has 0 aliphatic heterocycles. The highest BCUT2D eigenvalue weighted by molar-refractivity contribution is 5.25. The molecular weight excluding hydrogens is 168 g/mol. The molecule has 0 nitrogen and oxygen atoms in total. The molecule has 6 atom stereocenters. The van der Waals surface area contributed by atoms with Gasteiger partial charge in [-0.05, 0) is 67.1 Å². The maximum atomic E-state index is 2.57. The lowest BCUT2D eigenvalue weighted by molar-refractivity contribution is 0.0593. The van der Waals surface area contributed by atoms with E-state index in [1.807, 2.05) is 0 Å². The molecule has 6 unspecified atom stereocenters. The Hall–Kier alpha value is -0.260. The van der Waals surface area contributed by atoms with E-state index in [2.05, 4.69) is 19.1 Å². The molecule has 0 amide bonds. The Labute approximate surface area is 86.8 Å². The van der Waals surface area contributed by atoms with Crippen molar-refractivity contribution in [3.63, 3.8) is 0 Å². The molecule has 3 fully saturated rings. The zero-order valence-electron chi connectivity index (χ0n) is 9.08. The first-order chi connectivity index (χ1) is 6.86. The van der Waals surface area contributed by atoms with E-state index >= 15 is 0 Å². The average molecular weight is 188 g/mol. The third kappa shape index (κ3) is 0.620. The average Bonchev–Trinajstić information content (AvgIpc) is 2.95. The van der Waals surface area contributed by atoms with Crippen molar-refractivity contribution in [3.8, 4) is 0 Å². The Morgan fingerprint density at radius 1 is 1.21 bits per heavy atom. The lowest BCUT2D eigenvalue weighted by atomic mass is 9.59. The Morgan fingerprint density at radius 2 is 2.14 bits per heavy atom. The first kappa shape index (κ1) is 7.96. The topological polar surface area (TPSA) is 0 Å². The summed E-state index contributed by atoms with van der Waals surface area (Å²) in [6.07, 6.45) is 12.8. The minimum absolute atomic E-state index is 0.794. The summed E-state index contributed by atoms with van der Waals surface area (Å²) in [7, 11) is 0. The van der Waals surface area contributed by atoms with Crippen LogP contribution in [-0.2, 0) is 0 Å². The summed E-state index contributed by atoms with van der Waals surface area (Å²) in [5.41, 5.74) is 0.794. The summed E-state index contributed by atoms with van der Waals surface area (Å²) >= 11 is 0. The molecule has 0 heteroatoms. The van der Waals surface area contributed by atoms with Crippen LogP contribution in [0, 0.1) is 35.0 Å². The van der Waals surface area contributed by atoms with Crippen LogP contribution in [0.1, 0.15) is 39.0 Å². The van der Waals surface area contributed by atoms with Crippen LogP contribution >= 0.6 is 0 Å². The van der Waals surface area contributed by atoms with Gasteiger partial charge in [0.25, 0.3) is 0 Å². The van der Waals surface area contributed by atoms with Crippen molar-refractivity contribution in [2.75, 3.05) is 0 Å². The molecule has 4 rings (SSSR count). The lowest BCUT2D eigenvalue weighted by Gasteiger charge is -2.45. The number of hydrogen-bond acceptors (Lipinski definition) is 0. The zero-order valence-corrected chi connectivity index (χ0v) is 9.08. The van der Waals surface area contributed by atoms with Crippen LogP contribution in [0.4, 0.5) is 0 Å². The lowest BCUT2D eigenvalue weighted by Crippen LogP contribution is -2.39. The van der Waals surface area contributed by atoms with Gasteiger partial charge in [0.15, 0.2) is 0 Å². The van der Waals surface area contributed by atoms with E-state index in [1.165, 1.54) is 12.8 Å². The maximum Gasteiger partial charge on any atom is -0.0166 e. The second-order valence-electron chi connectivity index (χ2n) is 6.15. The molecule has 0 aromatic rings. The first-order valence-corrected chi connectivity index (χ1v) is 6.54. The van der Waals surface area contributed by atoms with E-state index in [0.717, 1.165) is 35.0 Å². The van der Waals surface area contributed by atoms with Gasteiger partial charge in [-0.25, -0.2) is 0 Å². The smallest absolute Gasteiger partial charge is 0.0166 e. The Morgan fingerprint density at radius 3 is 2.93 bits per heavy atom. The van der Waals surface area contributed by atoms with Gasteiger partial charge in [-0.3, -0.25) is 0 Å². The molecule has 0 saturated heterocycles. The molecular formula is C14H20. The fourth-order valence-corrected chi connectivity index (χ4v) is 6.02. The third-order valence-corrected chi connectivity index (χ3v) is 6.24. The van der Waals surface area contributed by atoms with Gasteiger partial charge >= 0.3 is 0 Å². The molecule has 0 spiro atoms. The van der Waals surface area contributed by atoms with Crippen LogP contribution < -0.4 is 0 Å². The quantitative estimate of drug-likeness (QED) is 0.435. The third-order valence-electron chi connectivity index (χ3n) is 6.24. The van der Waals surface area contributed by atoms with Crippen molar-refractivity contribution < 1.29 is 0 Å². The molecule has 4 bridgehead atoms. The van der Waals surface area contributed by atoms with Crippen LogP contribution in [0.2, 0.25) is 0 Å². The van der Waals surface area contributed by atoms with Crippen molar-refractivity contribution in [3.05, 3.63) is 12.2 Å². The first-order valence-electron chi connectivity index (χ1n) is 6.54. The predicted octanol–water partition coefficient (Wildman–Crippen LogP) is 3.63. The minimum atomic E-state index is 0.794. The van der Waals surface area contributed by atoms with Gasteiger partial charge in [0.1, 0.15) is 0 Å². The van der Waals surface area contributed by atoms with Crippen LogP contribution in [0.25, 0.3) is 0 Å². The molecule has 14 heavy (non-hydrogen) atoms. The Kier molecular flexibility index (Phi) is 1.30. The largest absolute Gasteiger partial charge is 0.0848 e. The van der Waals surface area contributed by atoms with Crippen molar-refractivity contribution in [2.45, 2.75) is 39.0 Å². The van der Waals surface area contributed by atoms with E-state index in [0.29, 0.717) is 0 Å². The van der Waals surface area contributed by atoms with E-state index in [1.54, 1.807) is 19.3 Å². The van der Waals surface area contributed by atoms with Crippen molar-refractivity contribution >= 4 is 0 Å². The van der Waals surface area contributed by atoms with Gasteiger partial charge in [-0.1, -0.05) is 19.1 Å². The molecule has 0 radical (unpaired) electrons. The second kappa shape index (κ2) is 2.28. The molecule has 0 N–H and O–H groups in total. The van der Waals surface area contributed by atoms with Gasteiger partial charge in [0.05, 0.1) is 0 Å². The van der Waals surface area contributed by atoms with Crippen LogP contribution in [0.5, 0.6) is 0 Å². The fourth-order valence-electron chi connectivity index (χ4n) is 6.02. The highest BCUT2D eigenvalue weighted by Gasteiger charge is 2.66. The van der Waals surface area contributed by atoms with Gasteiger partial charge in [0.2, 0.25) is 0 Å². The summed E-state index contributed by atoms with van der Waals surface area (Å²) < 4.78 is 0. The van der Waals surface area contributed by atoms with Crippen molar-refractivity contribution in [1.29, 1.82) is 0 Å². The van der Waals surface area contributed by atoms with E-state index in [9.17, 15) is 0 Å². The highest BCUT2D eigenvalue weighted by Crippen LogP contribution is 2.73. The van der Waals surface area contributed by atoms with Gasteiger partial charge in [-0.2, -0.15) is 0 Å². The summed E-state index contributed by atoms with van der Waals surface area (Å²) in [6, 6.07) is 0. The number of fused-ring (bicyclic) bond motifs is 9. The van der Waals surface area contributed by atoms with Gasteiger partial charge in [0, 0.05) is 0 Å². The van der Waals surface area contributed by atoms with Gasteiger partial charge in [-0.15, -0.1) is 0 Å². The maximum absolute atomic E-state index is 2.57.